The molecule has 0 aliphatic carbocycles. The van der Waals surface area contributed by atoms with Crippen molar-refractivity contribution in [1.29, 1.82) is 5.26 Å². The van der Waals surface area contributed by atoms with Gasteiger partial charge in [0.1, 0.15) is 23.0 Å². The van der Waals surface area contributed by atoms with Gasteiger partial charge in [0.05, 0.1) is 17.5 Å². The molecule has 1 aliphatic heterocycles. The van der Waals surface area contributed by atoms with Gasteiger partial charge in [-0.15, -0.1) is 0 Å². The van der Waals surface area contributed by atoms with Gasteiger partial charge in [0.2, 0.25) is 5.78 Å². The summed E-state index contributed by atoms with van der Waals surface area (Å²) in [5.41, 5.74) is 3.97. The van der Waals surface area contributed by atoms with Crippen molar-refractivity contribution < 1.29 is 9.53 Å². The number of ether oxygens (including phenoxy) is 1. The van der Waals surface area contributed by atoms with Crippen LogP contribution in [0.5, 0.6) is 5.75 Å². The predicted octanol–water partition coefficient (Wildman–Crippen LogP) is 5.19. The first-order chi connectivity index (χ1) is 16.2. The SMILES string of the molecule is N#CC(C(=O)c1nn(-c2ccccc2)c2c1COc1ccccc1-2)C(=S)Nc1ccccc1. The summed E-state index contributed by atoms with van der Waals surface area (Å²) in [6, 6.07) is 28.5. The molecule has 1 aliphatic rings. The number of nitriles is 1. The Kier molecular flexibility index (Phi) is 5.43. The van der Waals surface area contributed by atoms with E-state index in [1.54, 1.807) is 4.68 Å². The van der Waals surface area contributed by atoms with E-state index in [0.29, 0.717) is 11.3 Å². The van der Waals surface area contributed by atoms with E-state index in [4.69, 9.17) is 17.0 Å². The third-order valence-electron chi connectivity index (χ3n) is 5.43. The van der Waals surface area contributed by atoms with Crippen LogP contribution in [-0.2, 0) is 6.61 Å². The predicted molar refractivity (Wildman–Crippen MR) is 129 cm³/mol. The molecule has 4 aromatic rings. The molecule has 7 heteroatoms. The standard InChI is InChI=1S/C26H18N4O2S/c27-15-20(26(33)28-17-9-3-1-4-10-17)25(31)23-21-16-32-22-14-8-7-13-19(22)24(21)30(29-23)18-11-5-2-6-12-18/h1-14,20H,16H2,(H,28,33). The molecule has 6 nitrogen and oxygen atoms in total. The number of nitrogens with zero attached hydrogens (tertiary/aromatic N) is 3. The molecule has 0 amide bonds. The summed E-state index contributed by atoms with van der Waals surface area (Å²) in [5, 5.41) is 17.5. The summed E-state index contributed by atoms with van der Waals surface area (Å²) < 4.78 is 7.66. The van der Waals surface area contributed by atoms with Crippen LogP contribution in [0.15, 0.2) is 84.9 Å². The van der Waals surface area contributed by atoms with Crippen LogP contribution in [0.1, 0.15) is 16.1 Å². The fourth-order valence-corrected chi connectivity index (χ4v) is 4.14. The van der Waals surface area contributed by atoms with Crippen molar-refractivity contribution in [3.8, 4) is 28.8 Å². The van der Waals surface area contributed by atoms with Crippen molar-refractivity contribution in [2.75, 3.05) is 5.32 Å². The lowest BCUT2D eigenvalue weighted by Crippen LogP contribution is -2.28. The molecule has 0 saturated carbocycles. The second kappa shape index (κ2) is 8.69. The Morgan fingerprint density at radius 1 is 1.03 bits per heavy atom. The summed E-state index contributed by atoms with van der Waals surface area (Å²) in [6.07, 6.45) is 0. The number of ketones is 1. The average molecular weight is 451 g/mol. The van der Waals surface area contributed by atoms with Crippen LogP contribution in [0, 0.1) is 17.2 Å². The summed E-state index contributed by atoms with van der Waals surface area (Å²) in [7, 11) is 0. The Hall–Kier alpha value is -4.28. The first-order valence-corrected chi connectivity index (χ1v) is 10.8. The fraction of sp³-hybridized carbons (Fsp3) is 0.0769. The Morgan fingerprint density at radius 3 is 2.42 bits per heavy atom. The van der Waals surface area contributed by atoms with Crippen molar-refractivity contribution in [2.24, 2.45) is 5.92 Å². The highest BCUT2D eigenvalue weighted by atomic mass is 32.1. The van der Waals surface area contributed by atoms with Crippen LogP contribution in [0.25, 0.3) is 16.9 Å². The summed E-state index contributed by atoms with van der Waals surface area (Å²) in [4.78, 5) is 13.7. The number of hydrogen-bond donors (Lipinski definition) is 1. The fourth-order valence-electron chi connectivity index (χ4n) is 3.86. The van der Waals surface area contributed by atoms with Gasteiger partial charge in [0, 0.05) is 16.8 Å². The van der Waals surface area contributed by atoms with E-state index < -0.39 is 11.7 Å². The van der Waals surface area contributed by atoms with Crippen LogP contribution < -0.4 is 10.1 Å². The molecule has 3 aromatic carbocycles. The number of fused-ring (bicyclic) bond motifs is 3. The summed E-state index contributed by atoms with van der Waals surface area (Å²) in [5.74, 6) is -0.917. The summed E-state index contributed by atoms with van der Waals surface area (Å²) >= 11 is 5.43. The maximum Gasteiger partial charge on any atom is 0.207 e. The number of benzene rings is 3. The van der Waals surface area contributed by atoms with Crippen molar-refractivity contribution in [2.45, 2.75) is 6.61 Å². The number of para-hydroxylation sites is 3. The second-order valence-electron chi connectivity index (χ2n) is 7.49. The maximum absolute atomic E-state index is 13.6. The Bertz CT molecular complexity index is 1390. The van der Waals surface area contributed by atoms with Crippen molar-refractivity contribution >= 4 is 28.7 Å². The van der Waals surface area contributed by atoms with E-state index in [-0.39, 0.29) is 17.3 Å². The van der Waals surface area contributed by atoms with Crippen LogP contribution >= 0.6 is 12.2 Å². The number of thiocarbonyl (C=S) groups is 1. The van der Waals surface area contributed by atoms with Crippen LogP contribution in [-0.4, -0.2) is 20.6 Å². The van der Waals surface area contributed by atoms with E-state index >= 15 is 0 Å². The molecule has 33 heavy (non-hydrogen) atoms. The lowest BCUT2D eigenvalue weighted by atomic mass is 9.96. The number of anilines is 1. The minimum Gasteiger partial charge on any atom is -0.488 e. The van der Waals surface area contributed by atoms with Crippen LogP contribution in [0.4, 0.5) is 5.69 Å². The highest BCUT2D eigenvalue weighted by Crippen LogP contribution is 2.40. The van der Waals surface area contributed by atoms with E-state index in [1.807, 2.05) is 84.9 Å². The molecule has 0 radical (unpaired) electrons. The van der Waals surface area contributed by atoms with Gasteiger partial charge < -0.3 is 10.1 Å². The van der Waals surface area contributed by atoms with Gasteiger partial charge in [0.15, 0.2) is 5.92 Å². The van der Waals surface area contributed by atoms with E-state index in [1.165, 1.54) is 0 Å². The zero-order valence-electron chi connectivity index (χ0n) is 17.4. The van der Waals surface area contributed by atoms with Gasteiger partial charge in [-0.1, -0.05) is 60.7 Å². The number of nitrogens with one attached hydrogen (secondary N) is 1. The maximum atomic E-state index is 13.6. The van der Waals surface area contributed by atoms with E-state index in [0.717, 1.165) is 22.7 Å². The number of carbonyl (C=O) groups is 1. The monoisotopic (exact) mass is 450 g/mol. The minimum absolute atomic E-state index is 0.133. The zero-order chi connectivity index (χ0) is 22.8. The second-order valence-corrected chi connectivity index (χ2v) is 7.93. The van der Waals surface area contributed by atoms with Crippen molar-refractivity contribution in [3.63, 3.8) is 0 Å². The summed E-state index contributed by atoms with van der Waals surface area (Å²) in [6.45, 7) is 0.178. The topological polar surface area (TPSA) is 79.9 Å². The molecular formula is C26H18N4O2S. The molecule has 0 saturated heterocycles. The lowest BCUT2D eigenvalue weighted by Gasteiger charge is -2.19. The largest absolute Gasteiger partial charge is 0.488 e. The van der Waals surface area contributed by atoms with Crippen LogP contribution in [0.2, 0.25) is 0 Å². The lowest BCUT2D eigenvalue weighted by molar-refractivity contribution is 0.0968. The molecule has 1 N–H and O–H groups in total. The molecule has 1 unspecified atom stereocenters. The van der Waals surface area contributed by atoms with E-state index in [9.17, 15) is 10.1 Å². The minimum atomic E-state index is -1.18. The molecule has 160 valence electrons. The van der Waals surface area contributed by atoms with Gasteiger partial charge in [0.25, 0.3) is 0 Å². The molecule has 2 heterocycles. The van der Waals surface area contributed by atoms with Crippen molar-refractivity contribution in [1.82, 2.24) is 9.78 Å². The Balaban J connectivity index is 1.59. The molecule has 0 spiro atoms. The van der Waals surface area contributed by atoms with Crippen molar-refractivity contribution in [3.05, 3.63) is 96.2 Å². The number of Topliss-reactive ketones (excluding diaryl/α,β-unsaturated/α-hetero) is 1. The number of aromatic nitrogens is 2. The molecular weight excluding hydrogens is 432 g/mol. The molecule has 0 fully saturated rings. The van der Waals surface area contributed by atoms with Gasteiger partial charge in [-0.2, -0.15) is 10.4 Å². The first-order valence-electron chi connectivity index (χ1n) is 10.4. The average Bonchev–Trinajstić information content (AvgIpc) is 3.26. The van der Waals surface area contributed by atoms with Gasteiger partial charge in [-0.25, -0.2) is 4.68 Å². The molecule has 0 bridgehead atoms. The molecule has 1 aromatic heterocycles. The number of carbonyl (C=O) groups excluding carboxylic acids is 1. The Labute approximate surface area is 196 Å². The van der Waals surface area contributed by atoms with Crippen LogP contribution in [0.3, 0.4) is 0 Å². The smallest absolute Gasteiger partial charge is 0.207 e. The Morgan fingerprint density at radius 2 is 1.70 bits per heavy atom. The number of hydrogen-bond acceptors (Lipinski definition) is 5. The van der Waals surface area contributed by atoms with Gasteiger partial charge in [-0.05, 0) is 36.4 Å². The first kappa shape index (κ1) is 20.6. The zero-order valence-corrected chi connectivity index (χ0v) is 18.3. The normalized spacial score (nSPS) is 12.5. The highest BCUT2D eigenvalue weighted by Gasteiger charge is 2.34. The highest BCUT2D eigenvalue weighted by molar-refractivity contribution is 7.80. The number of rotatable bonds is 5. The molecule has 5 rings (SSSR count). The molecule has 1 atom stereocenters. The third-order valence-corrected chi connectivity index (χ3v) is 5.76. The quantitative estimate of drug-likeness (QED) is 0.333. The van der Waals surface area contributed by atoms with Gasteiger partial charge >= 0.3 is 0 Å². The van der Waals surface area contributed by atoms with E-state index in [2.05, 4.69) is 16.5 Å². The van der Waals surface area contributed by atoms with Gasteiger partial charge in [-0.3, -0.25) is 4.79 Å². The third kappa shape index (κ3) is 3.77.